The third-order valence-corrected chi connectivity index (χ3v) is 2.86. The van der Waals surface area contributed by atoms with Crippen molar-refractivity contribution in [3.63, 3.8) is 0 Å². The average molecular weight is 200 g/mol. The molecule has 0 spiro atoms. The molecule has 2 rings (SSSR count). The van der Waals surface area contributed by atoms with Crippen LogP contribution in [0.4, 0.5) is 0 Å². The molecule has 0 aromatic heterocycles. The molecule has 0 radical (unpaired) electrons. The van der Waals surface area contributed by atoms with Gasteiger partial charge in [0, 0.05) is 0 Å². The second-order valence-electron chi connectivity index (χ2n) is 3.80. The van der Waals surface area contributed by atoms with Gasteiger partial charge in [0.05, 0.1) is 18.1 Å². The first-order valence-corrected chi connectivity index (χ1v) is 4.88. The molecule has 76 valence electrons. The summed E-state index contributed by atoms with van der Waals surface area (Å²) in [5.41, 5.74) is 1.49. The van der Waals surface area contributed by atoms with E-state index in [1.807, 2.05) is 18.2 Å². The van der Waals surface area contributed by atoms with E-state index in [4.69, 9.17) is 6.42 Å². The summed E-state index contributed by atoms with van der Waals surface area (Å²) in [6, 6.07) is 7.39. The minimum atomic E-state index is -0.315. The van der Waals surface area contributed by atoms with Gasteiger partial charge in [0.2, 0.25) is 0 Å². The lowest BCUT2D eigenvalue weighted by Crippen LogP contribution is -2.06. The molecule has 2 heteroatoms. The van der Waals surface area contributed by atoms with Gasteiger partial charge in [0.25, 0.3) is 0 Å². The van der Waals surface area contributed by atoms with Crippen molar-refractivity contribution in [1.29, 1.82) is 0 Å². The highest BCUT2D eigenvalue weighted by molar-refractivity contribution is 5.89. The van der Waals surface area contributed by atoms with Crippen LogP contribution in [0.2, 0.25) is 0 Å². The molecule has 1 fully saturated rings. The second-order valence-corrected chi connectivity index (χ2v) is 3.80. The van der Waals surface area contributed by atoms with Crippen LogP contribution in [0.15, 0.2) is 24.3 Å². The number of carbonyl (C=O) groups is 1. The Bertz CT molecular complexity index is 436. The smallest absolute Gasteiger partial charge is 0.337 e. The van der Waals surface area contributed by atoms with Gasteiger partial charge in [-0.05, 0) is 30.5 Å². The lowest BCUT2D eigenvalue weighted by molar-refractivity contribution is 0.0600. The van der Waals surface area contributed by atoms with E-state index in [1.54, 1.807) is 6.07 Å². The van der Waals surface area contributed by atoms with Gasteiger partial charge in [-0.1, -0.05) is 18.1 Å². The van der Waals surface area contributed by atoms with Crippen molar-refractivity contribution in [3.8, 4) is 12.3 Å². The monoisotopic (exact) mass is 200 g/mol. The first kappa shape index (κ1) is 9.79. The van der Waals surface area contributed by atoms with Crippen LogP contribution < -0.4 is 0 Å². The van der Waals surface area contributed by atoms with Crippen LogP contribution in [0, 0.1) is 12.3 Å². The molecular weight excluding hydrogens is 188 g/mol. The van der Waals surface area contributed by atoms with Crippen molar-refractivity contribution in [2.75, 3.05) is 7.11 Å². The van der Waals surface area contributed by atoms with Gasteiger partial charge in [-0.15, -0.1) is 6.42 Å². The predicted molar refractivity (Wildman–Crippen MR) is 57.5 cm³/mol. The number of hydrogen-bond donors (Lipinski definition) is 0. The van der Waals surface area contributed by atoms with Crippen molar-refractivity contribution in [1.82, 2.24) is 0 Å². The highest BCUT2D eigenvalue weighted by Gasteiger charge is 2.42. The van der Waals surface area contributed by atoms with Crippen molar-refractivity contribution >= 4 is 5.97 Å². The Balaban J connectivity index is 2.36. The Labute approximate surface area is 89.3 Å². The summed E-state index contributed by atoms with van der Waals surface area (Å²) >= 11 is 0. The van der Waals surface area contributed by atoms with Crippen molar-refractivity contribution in [2.45, 2.75) is 18.3 Å². The van der Waals surface area contributed by atoms with Crippen LogP contribution in [-0.2, 0) is 10.2 Å². The van der Waals surface area contributed by atoms with Crippen LogP contribution >= 0.6 is 0 Å². The van der Waals surface area contributed by atoms with Crippen LogP contribution in [0.25, 0.3) is 0 Å². The summed E-state index contributed by atoms with van der Waals surface area (Å²) in [7, 11) is 1.38. The first-order valence-electron chi connectivity index (χ1n) is 4.88. The third-order valence-electron chi connectivity index (χ3n) is 2.86. The summed E-state index contributed by atoms with van der Waals surface area (Å²) in [5, 5.41) is 0. The maximum Gasteiger partial charge on any atom is 0.337 e. The van der Waals surface area contributed by atoms with Crippen LogP contribution in [0.5, 0.6) is 0 Å². The second kappa shape index (κ2) is 3.43. The molecule has 2 nitrogen and oxygen atoms in total. The molecule has 1 aromatic carbocycles. The summed E-state index contributed by atoms with van der Waals surface area (Å²) in [6.45, 7) is 0. The number of esters is 1. The van der Waals surface area contributed by atoms with E-state index in [-0.39, 0.29) is 11.4 Å². The molecule has 1 aromatic rings. The van der Waals surface area contributed by atoms with E-state index in [2.05, 4.69) is 10.7 Å². The minimum absolute atomic E-state index is 0.121. The van der Waals surface area contributed by atoms with E-state index in [0.29, 0.717) is 5.56 Å². The molecule has 0 bridgehead atoms. The Kier molecular flexibility index (Phi) is 2.24. The molecule has 0 saturated heterocycles. The molecule has 15 heavy (non-hydrogen) atoms. The zero-order chi connectivity index (χ0) is 10.9. The van der Waals surface area contributed by atoms with Gasteiger partial charge in [0.1, 0.15) is 0 Å². The van der Waals surface area contributed by atoms with E-state index in [1.165, 1.54) is 7.11 Å². The number of carbonyl (C=O) groups excluding carboxylic acids is 1. The lowest BCUT2D eigenvalue weighted by Gasteiger charge is -2.08. The molecule has 0 unspecified atom stereocenters. The molecule has 0 atom stereocenters. The molecular formula is C13H12O2. The molecule has 1 saturated carbocycles. The molecule has 1 aliphatic carbocycles. The fourth-order valence-corrected chi connectivity index (χ4v) is 1.70. The van der Waals surface area contributed by atoms with Gasteiger partial charge in [0.15, 0.2) is 0 Å². The zero-order valence-electron chi connectivity index (χ0n) is 8.62. The van der Waals surface area contributed by atoms with E-state index in [9.17, 15) is 4.79 Å². The highest BCUT2D eigenvalue weighted by Crippen LogP contribution is 2.47. The lowest BCUT2D eigenvalue weighted by atomic mass is 9.95. The Morgan fingerprint density at radius 2 is 2.27 bits per heavy atom. The minimum Gasteiger partial charge on any atom is -0.465 e. The third kappa shape index (κ3) is 1.61. The SMILES string of the molecule is C#CC1(c2cccc(C(=O)OC)c2)CC1. The molecule has 0 amide bonds. The zero-order valence-corrected chi connectivity index (χ0v) is 8.62. The Morgan fingerprint density at radius 3 is 2.80 bits per heavy atom. The average Bonchev–Trinajstić information content (AvgIpc) is 3.09. The van der Waals surface area contributed by atoms with Gasteiger partial charge < -0.3 is 4.74 Å². The maximum atomic E-state index is 11.3. The Hall–Kier alpha value is -1.75. The van der Waals surface area contributed by atoms with Gasteiger partial charge in [-0.2, -0.15) is 0 Å². The number of hydrogen-bond acceptors (Lipinski definition) is 2. The van der Waals surface area contributed by atoms with E-state index < -0.39 is 0 Å². The fourth-order valence-electron chi connectivity index (χ4n) is 1.70. The van der Waals surface area contributed by atoms with Gasteiger partial charge in [-0.25, -0.2) is 4.79 Å². The van der Waals surface area contributed by atoms with Crippen molar-refractivity contribution in [3.05, 3.63) is 35.4 Å². The number of benzene rings is 1. The van der Waals surface area contributed by atoms with Crippen LogP contribution in [0.3, 0.4) is 0 Å². The Morgan fingerprint density at radius 1 is 1.53 bits per heavy atom. The summed E-state index contributed by atoms with van der Waals surface area (Å²) in [6.07, 6.45) is 7.51. The van der Waals surface area contributed by atoms with Crippen LogP contribution in [-0.4, -0.2) is 13.1 Å². The quantitative estimate of drug-likeness (QED) is 0.540. The predicted octanol–water partition coefficient (Wildman–Crippen LogP) is 2.14. The van der Waals surface area contributed by atoms with Crippen molar-refractivity contribution < 1.29 is 9.53 Å². The first-order chi connectivity index (χ1) is 7.22. The fraction of sp³-hybridized carbons (Fsp3) is 0.308. The van der Waals surface area contributed by atoms with Gasteiger partial charge in [-0.3, -0.25) is 0 Å². The largest absolute Gasteiger partial charge is 0.465 e. The number of ether oxygens (including phenoxy) is 1. The number of methoxy groups -OCH3 is 1. The summed E-state index contributed by atoms with van der Waals surface area (Å²) in [4.78, 5) is 11.3. The number of rotatable bonds is 2. The molecule has 1 aliphatic rings. The topological polar surface area (TPSA) is 26.3 Å². The molecule has 0 heterocycles. The number of terminal acetylenes is 1. The highest BCUT2D eigenvalue weighted by atomic mass is 16.5. The molecule has 0 N–H and O–H groups in total. The maximum absolute atomic E-state index is 11.3. The van der Waals surface area contributed by atoms with Crippen molar-refractivity contribution in [2.24, 2.45) is 0 Å². The standard InChI is InChI=1S/C13H12O2/c1-3-13(7-8-13)11-6-4-5-10(9-11)12(14)15-2/h1,4-6,9H,7-8H2,2H3. The van der Waals surface area contributed by atoms with Gasteiger partial charge >= 0.3 is 5.97 Å². The van der Waals surface area contributed by atoms with E-state index in [0.717, 1.165) is 18.4 Å². The normalized spacial score (nSPS) is 16.5. The summed E-state index contributed by atoms with van der Waals surface area (Å²) in [5.74, 6) is 2.49. The van der Waals surface area contributed by atoms with E-state index >= 15 is 0 Å². The molecule has 0 aliphatic heterocycles. The van der Waals surface area contributed by atoms with Crippen LogP contribution in [0.1, 0.15) is 28.8 Å². The summed E-state index contributed by atoms with van der Waals surface area (Å²) < 4.78 is 4.67.